The van der Waals surface area contributed by atoms with Crippen LogP contribution in [0.4, 0.5) is 0 Å². The highest BCUT2D eigenvalue weighted by Crippen LogP contribution is 2.31. The molecule has 2 saturated heterocycles. The first-order valence-corrected chi connectivity index (χ1v) is 12.0. The number of cyclic esters (lactones) is 2. The van der Waals surface area contributed by atoms with Gasteiger partial charge in [0.15, 0.2) is 0 Å². The summed E-state index contributed by atoms with van der Waals surface area (Å²) in [5.41, 5.74) is 0. The van der Waals surface area contributed by atoms with Crippen LogP contribution in [0, 0.1) is 11.8 Å². The molecule has 0 saturated carbocycles. The molecule has 0 aromatic heterocycles. The highest BCUT2D eigenvalue weighted by Gasteiger charge is 2.41. The lowest BCUT2D eigenvalue weighted by atomic mass is 9.88. The van der Waals surface area contributed by atoms with Crippen LogP contribution < -0.4 is 0 Å². The van der Waals surface area contributed by atoms with Gasteiger partial charge in [0.2, 0.25) is 0 Å². The number of rotatable bonds is 14. The zero-order chi connectivity index (χ0) is 20.8. The zero-order valence-electron chi connectivity index (χ0n) is 18.8. The Bertz CT molecular complexity index is 395. The van der Waals surface area contributed by atoms with Crippen LogP contribution in [0.15, 0.2) is 0 Å². The molecule has 2 aliphatic heterocycles. The third kappa shape index (κ3) is 10.00. The van der Waals surface area contributed by atoms with Crippen molar-refractivity contribution in [2.24, 2.45) is 11.8 Å². The molecule has 2 rings (SSSR count). The number of carbonyl (C=O) groups is 2. The second-order valence-corrected chi connectivity index (χ2v) is 8.44. The van der Waals surface area contributed by atoms with E-state index in [9.17, 15) is 9.59 Å². The Morgan fingerprint density at radius 3 is 1.17 bits per heavy atom. The van der Waals surface area contributed by atoms with E-state index in [0.717, 1.165) is 38.5 Å². The minimum absolute atomic E-state index is 0. The normalized spacial score (nSPS) is 24.8. The predicted octanol–water partition coefficient (Wildman–Crippen LogP) is 7.23. The molecule has 2 aliphatic rings. The van der Waals surface area contributed by atoms with Crippen molar-refractivity contribution in [2.45, 2.75) is 137 Å². The SMILES string of the molecule is C.CCCCC[C@H]1OC(=O)[C@@H]1CCCC.CCCCC[C@H]1OC(=O)[C@H]1CCCC. The highest BCUT2D eigenvalue weighted by atomic mass is 16.6. The maximum absolute atomic E-state index is 11.2. The maximum atomic E-state index is 11.2. The van der Waals surface area contributed by atoms with Crippen LogP contribution in [0.1, 0.15) is 125 Å². The molecular weight excluding hydrogens is 364 g/mol. The van der Waals surface area contributed by atoms with Crippen molar-refractivity contribution in [2.75, 3.05) is 0 Å². The van der Waals surface area contributed by atoms with E-state index < -0.39 is 0 Å². The van der Waals surface area contributed by atoms with Gasteiger partial charge >= 0.3 is 11.9 Å². The molecule has 2 fully saturated rings. The Balaban J connectivity index is 0.000000523. The van der Waals surface area contributed by atoms with E-state index in [2.05, 4.69) is 27.7 Å². The fourth-order valence-corrected chi connectivity index (χ4v) is 3.96. The molecule has 4 nitrogen and oxygen atoms in total. The third-order valence-corrected chi connectivity index (χ3v) is 5.96. The van der Waals surface area contributed by atoms with Gasteiger partial charge in [-0.05, 0) is 38.5 Å². The lowest BCUT2D eigenvalue weighted by Crippen LogP contribution is -2.44. The van der Waals surface area contributed by atoms with Crippen molar-refractivity contribution in [3.63, 3.8) is 0 Å². The number of ether oxygens (including phenoxy) is 2. The monoisotopic (exact) mass is 412 g/mol. The predicted molar refractivity (Wildman–Crippen MR) is 121 cm³/mol. The zero-order valence-corrected chi connectivity index (χ0v) is 18.8. The van der Waals surface area contributed by atoms with E-state index >= 15 is 0 Å². The topological polar surface area (TPSA) is 52.6 Å². The van der Waals surface area contributed by atoms with Crippen molar-refractivity contribution in [3.8, 4) is 0 Å². The van der Waals surface area contributed by atoms with Crippen molar-refractivity contribution >= 4 is 11.9 Å². The molecular formula is C25H48O4. The van der Waals surface area contributed by atoms with Gasteiger partial charge in [0, 0.05) is 0 Å². The lowest BCUT2D eigenvalue weighted by molar-refractivity contribution is -0.187. The molecule has 0 N–H and O–H groups in total. The fraction of sp³-hybridized carbons (Fsp3) is 0.920. The Hall–Kier alpha value is -1.06. The fourth-order valence-electron chi connectivity index (χ4n) is 3.96. The number of hydrogen-bond donors (Lipinski definition) is 0. The Morgan fingerprint density at radius 2 is 0.897 bits per heavy atom. The van der Waals surface area contributed by atoms with Crippen LogP contribution >= 0.6 is 0 Å². The highest BCUT2D eigenvalue weighted by molar-refractivity contribution is 5.78. The van der Waals surface area contributed by atoms with E-state index in [0.29, 0.717) is 0 Å². The largest absolute Gasteiger partial charge is 0.461 e. The molecule has 29 heavy (non-hydrogen) atoms. The van der Waals surface area contributed by atoms with Crippen LogP contribution in [-0.4, -0.2) is 24.1 Å². The molecule has 4 heteroatoms. The summed E-state index contributed by atoms with van der Waals surface area (Å²) < 4.78 is 10.3. The molecule has 0 radical (unpaired) electrons. The summed E-state index contributed by atoms with van der Waals surface area (Å²) in [6.07, 6.45) is 16.8. The summed E-state index contributed by atoms with van der Waals surface area (Å²) >= 11 is 0. The average molecular weight is 413 g/mol. The minimum Gasteiger partial charge on any atom is -0.461 e. The van der Waals surface area contributed by atoms with Crippen LogP contribution in [0.25, 0.3) is 0 Å². The number of hydrogen-bond acceptors (Lipinski definition) is 4. The number of carbonyl (C=O) groups excluding carboxylic acids is 2. The van der Waals surface area contributed by atoms with E-state index in [1.54, 1.807) is 0 Å². The molecule has 0 amide bonds. The van der Waals surface area contributed by atoms with Gasteiger partial charge in [-0.25, -0.2) is 0 Å². The van der Waals surface area contributed by atoms with Gasteiger partial charge in [0.25, 0.3) is 0 Å². The van der Waals surface area contributed by atoms with Gasteiger partial charge < -0.3 is 9.47 Å². The van der Waals surface area contributed by atoms with Crippen LogP contribution in [-0.2, 0) is 19.1 Å². The van der Waals surface area contributed by atoms with E-state index in [-0.39, 0.29) is 43.4 Å². The van der Waals surface area contributed by atoms with E-state index in [4.69, 9.17) is 9.47 Å². The van der Waals surface area contributed by atoms with Gasteiger partial charge in [-0.15, -0.1) is 0 Å². The van der Waals surface area contributed by atoms with Crippen molar-refractivity contribution in [1.82, 2.24) is 0 Å². The van der Waals surface area contributed by atoms with Crippen LogP contribution in [0.5, 0.6) is 0 Å². The van der Waals surface area contributed by atoms with E-state index in [1.807, 2.05) is 0 Å². The van der Waals surface area contributed by atoms with Crippen molar-refractivity contribution < 1.29 is 19.1 Å². The summed E-state index contributed by atoms with van der Waals surface area (Å²) in [5.74, 6) is 0.540. The maximum Gasteiger partial charge on any atom is 0.313 e. The lowest BCUT2D eigenvalue weighted by Gasteiger charge is -2.35. The molecule has 0 unspecified atom stereocenters. The summed E-state index contributed by atoms with van der Waals surface area (Å²) in [5, 5.41) is 0. The quantitative estimate of drug-likeness (QED) is 0.223. The molecule has 0 bridgehead atoms. The Morgan fingerprint density at radius 1 is 0.552 bits per heavy atom. The van der Waals surface area contributed by atoms with Gasteiger partial charge in [-0.2, -0.15) is 0 Å². The summed E-state index contributed by atoms with van der Waals surface area (Å²) in [6, 6.07) is 0. The standard InChI is InChI=1S/2C12H22O2.CH4/c2*1-3-5-7-9-11-10(8-6-4-2)12(13)14-11;/h2*10-11H,3-9H2,1-2H3;1H4/t10-,11+;10-,11-;/m01./s1. The Kier molecular flexibility index (Phi) is 16.1. The minimum atomic E-state index is 0. The Labute approximate surface area is 180 Å². The van der Waals surface area contributed by atoms with Gasteiger partial charge in [0.05, 0.1) is 11.8 Å². The first-order valence-electron chi connectivity index (χ1n) is 12.0. The van der Waals surface area contributed by atoms with Crippen LogP contribution in [0.2, 0.25) is 0 Å². The average Bonchev–Trinajstić information content (AvgIpc) is 2.68. The molecule has 172 valence electrons. The molecule has 0 spiro atoms. The van der Waals surface area contributed by atoms with E-state index in [1.165, 1.54) is 51.4 Å². The van der Waals surface area contributed by atoms with Crippen molar-refractivity contribution in [3.05, 3.63) is 0 Å². The van der Waals surface area contributed by atoms with Crippen LogP contribution in [0.3, 0.4) is 0 Å². The number of unbranched alkanes of at least 4 members (excludes halogenated alkanes) is 6. The molecule has 0 aromatic carbocycles. The van der Waals surface area contributed by atoms with Crippen molar-refractivity contribution in [1.29, 1.82) is 0 Å². The third-order valence-electron chi connectivity index (χ3n) is 5.96. The molecule has 0 aliphatic carbocycles. The van der Waals surface area contributed by atoms with Gasteiger partial charge in [-0.1, -0.05) is 86.5 Å². The second-order valence-electron chi connectivity index (χ2n) is 8.44. The van der Waals surface area contributed by atoms with Gasteiger partial charge in [0.1, 0.15) is 12.2 Å². The second kappa shape index (κ2) is 16.7. The first kappa shape index (κ1) is 27.9. The summed E-state index contributed by atoms with van der Waals surface area (Å²) in [6.45, 7) is 8.72. The molecule has 2 heterocycles. The van der Waals surface area contributed by atoms with Gasteiger partial charge in [-0.3, -0.25) is 9.59 Å². The molecule has 0 aromatic rings. The summed E-state index contributed by atoms with van der Waals surface area (Å²) in [4.78, 5) is 22.3. The first-order chi connectivity index (χ1) is 13.6. The number of esters is 2. The molecule has 4 atom stereocenters. The summed E-state index contributed by atoms with van der Waals surface area (Å²) in [7, 11) is 0. The smallest absolute Gasteiger partial charge is 0.313 e.